The molecule has 0 radical (unpaired) electrons. The molecule has 5 heterocycles. The second kappa shape index (κ2) is 12.3. The smallest absolute Gasteiger partial charge is 0.185 e. The summed E-state index contributed by atoms with van der Waals surface area (Å²) in [7, 11) is 0. The summed E-state index contributed by atoms with van der Waals surface area (Å²) >= 11 is 0. The van der Waals surface area contributed by atoms with Gasteiger partial charge in [-0.15, -0.1) is 0 Å². The molecule has 6 rings (SSSR count). The van der Waals surface area contributed by atoms with Crippen molar-refractivity contribution < 1.29 is 9.53 Å². The molecule has 43 heavy (non-hydrogen) atoms. The van der Waals surface area contributed by atoms with Crippen molar-refractivity contribution in [1.82, 2.24) is 38.7 Å². The molecule has 4 aromatic heterocycles. The van der Waals surface area contributed by atoms with E-state index in [9.17, 15) is 4.79 Å². The molecular formula is C33H42N8O2. The van der Waals surface area contributed by atoms with Crippen molar-refractivity contribution in [3.8, 4) is 5.75 Å². The Bertz CT molecular complexity index is 1720. The highest BCUT2D eigenvalue weighted by Crippen LogP contribution is 2.25. The quantitative estimate of drug-likeness (QED) is 0.210. The number of imidazole rings is 1. The van der Waals surface area contributed by atoms with Gasteiger partial charge in [-0.05, 0) is 58.4 Å². The maximum Gasteiger partial charge on any atom is 0.185 e. The predicted molar refractivity (Wildman–Crippen MR) is 168 cm³/mol. The Kier molecular flexibility index (Phi) is 8.32. The van der Waals surface area contributed by atoms with Crippen LogP contribution in [0.15, 0.2) is 55.0 Å². The van der Waals surface area contributed by atoms with Crippen LogP contribution in [0, 0.1) is 6.92 Å². The van der Waals surface area contributed by atoms with E-state index in [-0.39, 0.29) is 12.2 Å². The molecule has 1 aliphatic rings. The number of carbonyl (C=O) groups is 1. The number of aryl methyl sites for hydroxylation is 1. The van der Waals surface area contributed by atoms with E-state index in [4.69, 9.17) is 9.84 Å². The lowest BCUT2D eigenvalue weighted by Crippen LogP contribution is -2.49. The third kappa shape index (κ3) is 6.21. The van der Waals surface area contributed by atoms with E-state index in [1.165, 1.54) is 0 Å². The first kappa shape index (κ1) is 29.1. The minimum absolute atomic E-state index is 0.0111. The van der Waals surface area contributed by atoms with E-state index in [1.54, 1.807) is 6.20 Å². The molecule has 226 valence electrons. The Labute approximate surface area is 252 Å². The van der Waals surface area contributed by atoms with E-state index in [0.717, 1.165) is 66.3 Å². The van der Waals surface area contributed by atoms with Crippen LogP contribution in [-0.4, -0.2) is 89.9 Å². The van der Waals surface area contributed by atoms with E-state index < -0.39 is 0 Å². The van der Waals surface area contributed by atoms with Gasteiger partial charge in [0.15, 0.2) is 5.78 Å². The standard InChI is InChI=1S/C33H42N8O2/c1-23(2)38-15-13-37(14-16-38)17-18-43-28-10-11-39-30(21-34-32(39)20-28)31(42)19-26-7-6-8-29-33(26)25(5)35-41(29)22-27-9-12-40(36-27)24(3)4/h6-12,20-21,23-24H,13-19,22H2,1-5H3. The summed E-state index contributed by atoms with van der Waals surface area (Å²) in [5.41, 5.74) is 5.09. The summed E-state index contributed by atoms with van der Waals surface area (Å²) < 4.78 is 11.9. The molecule has 10 nitrogen and oxygen atoms in total. The van der Waals surface area contributed by atoms with Gasteiger partial charge in [0.2, 0.25) is 0 Å². The van der Waals surface area contributed by atoms with Crippen LogP contribution in [0.3, 0.4) is 0 Å². The number of rotatable bonds is 11. The first-order valence-electron chi connectivity index (χ1n) is 15.4. The maximum absolute atomic E-state index is 13.6. The Hall–Kier alpha value is -4.02. The van der Waals surface area contributed by atoms with E-state index in [2.05, 4.69) is 53.6 Å². The number of Topliss-reactive ketones (excluding diaryl/α,β-unsaturated/α-hetero) is 1. The number of hydrogen-bond donors (Lipinski definition) is 0. The Morgan fingerprint density at radius 1 is 0.977 bits per heavy atom. The third-order valence-corrected chi connectivity index (χ3v) is 8.48. The van der Waals surface area contributed by atoms with Crippen molar-refractivity contribution in [2.45, 2.75) is 59.7 Å². The van der Waals surface area contributed by atoms with Gasteiger partial charge in [-0.25, -0.2) is 4.98 Å². The van der Waals surface area contributed by atoms with Crippen molar-refractivity contribution in [1.29, 1.82) is 0 Å². The highest BCUT2D eigenvalue weighted by atomic mass is 16.5. The van der Waals surface area contributed by atoms with Gasteiger partial charge in [0.25, 0.3) is 0 Å². The molecule has 10 heteroatoms. The zero-order valence-corrected chi connectivity index (χ0v) is 25.9. The highest BCUT2D eigenvalue weighted by Gasteiger charge is 2.20. The third-order valence-electron chi connectivity index (χ3n) is 8.48. The van der Waals surface area contributed by atoms with Gasteiger partial charge in [0.05, 0.1) is 29.6 Å². The molecule has 0 spiro atoms. The molecule has 0 amide bonds. The van der Waals surface area contributed by atoms with Crippen molar-refractivity contribution in [3.63, 3.8) is 0 Å². The van der Waals surface area contributed by atoms with Crippen molar-refractivity contribution in [2.24, 2.45) is 0 Å². The second-order valence-electron chi connectivity index (χ2n) is 12.1. The summed E-state index contributed by atoms with van der Waals surface area (Å²) in [4.78, 5) is 23.1. The number of benzene rings is 1. The number of hydrogen-bond acceptors (Lipinski definition) is 7. The Morgan fingerprint density at radius 2 is 1.79 bits per heavy atom. The fraction of sp³-hybridized carbons (Fsp3) is 0.455. The second-order valence-corrected chi connectivity index (χ2v) is 12.1. The average molecular weight is 583 g/mol. The van der Waals surface area contributed by atoms with Crippen molar-refractivity contribution in [2.75, 3.05) is 39.3 Å². The van der Waals surface area contributed by atoms with Gasteiger partial charge in [-0.1, -0.05) is 12.1 Å². The summed E-state index contributed by atoms with van der Waals surface area (Å²) in [6, 6.07) is 12.8. The first-order valence-corrected chi connectivity index (χ1v) is 15.4. The van der Waals surface area contributed by atoms with Crippen LogP contribution >= 0.6 is 0 Å². The number of aromatic nitrogens is 6. The monoisotopic (exact) mass is 582 g/mol. The molecule has 0 saturated carbocycles. The Balaban J connectivity index is 1.12. The van der Waals surface area contributed by atoms with Crippen LogP contribution in [0.25, 0.3) is 16.6 Å². The lowest BCUT2D eigenvalue weighted by molar-refractivity contribution is 0.0970. The maximum atomic E-state index is 13.6. The van der Waals surface area contributed by atoms with Crippen LogP contribution in [0.1, 0.15) is 61.2 Å². The lowest BCUT2D eigenvalue weighted by Gasteiger charge is -2.36. The number of pyridine rings is 1. The summed E-state index contributed by atoms with van der Waals surface area (Å²) in [5.74, 6) is 0.779. The van der Waals surface area contributed by atoms with Crippen molar-refractivity contribution >= 4 is 22.3 Å². The normalized spacial score (nSPS) is 15.0. The van der Waals surface area contributed by atoms with E-state index in [1.807, 2.05) is 63.4 Å². The molecule has 1 fully saturated rings. The summed E-state index contributed by atoms with van der Waals surface area (Å²) in [6.07, 6.45) is 5.81. The van der Waals surface area contributed by atoms with Gasteiger partial charge in [0, 0.05) is 75.1 Å². The molecule has 0 bridgehead atoms. The van der Waals surface area contributed by atoms with Crippen LogP contribution in [0.4, 0.5) is 0 Å². The molecule has 0 unspecified atom stereocenters. The van der Waals surface area contributed by atoms with Gasteiger partial charge in [-0.3, -0.25) is 28.4 Å². The fourth-order valence-electron chi connectivity index (χ4n) is 5.99. The van der Waals surface area contributed by atoms with E-state index in [0.29, 0.717) is 36.6 Å². The molecule has 0 aliphatic carbocycles. The molecule has 1 saturated heterocycles. The first-order chi connectivity index (χ1) is 20.8. The number of ether oxygens (including phenoxy) is 1. The van der Waals surface area contributed by atoms with Crippen LogP contribution in [0.2, 0.25) is 0 Å². The zero-order valence-electron chi connectivity index (χ0n) is 25.9. The number of fused-ring (bicyclic) bond motifs is 2. The molecule has 0 N–H and O–H groups in total. The molecule has 1 aliphatic heterocycles. The molecular weight excluding hydrogens is 540 g/mol. The summed E-state index contributed by atoms with van der Waals surface area (Å²) in [6.45, 7) is 17.2. The molecule has 5 aromatic rings. The SMILES string of the molecule is Cc1nn(Cc2ccn(C(C)C)n2)c2cccc(CC(=O)c3cnc4cc(OCCN5CCN(C(C)C)CC5)ccn34)c12. The summed E-state index contributed by atoms with van der Waals surface area (Å²) in [5, 5.41) is 10.5. The number of carbonyl (C=O) groups excluding carboxylic acids is 1. The van der Waals surface area contributed by atoms with Gasteiger partial charge in [-0.2, -0.15) is 10.2 Å². The zero-order chi connectivity index (χ0) is 30.1. The van der Waals surface area contributed by atoms with Gasteiger partial charge < -0.3 is 4.74 Å². The van der Waals surface area contributed by atoms with E-state index >= 15 is 0 Å². The van der Waals surface area contributed by atoms with Crippen LogP contribution in [-0.2, 0) is 13.0 Å². The van der Waals surface area contributed by atoms with Crippen LogP contribution in [0.5, 0.6) is 5.75 Å². The predicted octanol–water partition coefficient (Wildman–Crippen LogP) is 4.65. The fourth-order valence-corrected chi connectivity index (χ4v) is 5.99. The Morgan fingerprint density at radius 3 is 2.53 bits per heavy atom. The van der Waals surface area contributed by atoms with Gasteiger partial charge in [0.1, 0.15) is 23.7 Å². The molecule has 0 atom stereocenters. The minimum Gasteiger partial charge on any atom is -0.492 e. The minimum atomic E-state index is 0.0111. The number of nitrogens with zero attached hydrogens (tertiary/aromatic N) is 8. The average Bonchev–Trinajstić information content (AvgIpc) is 3.71. The molecule has 1 aromatic carbocycles. The number of ketones is 1. The number of piperazine rings is 1. The highest BCUT2D eigenvalue weighted by molar-refractivity contribution is 5.99. The largest absolute Gasteiger partial charge is 0.492 e. The topological polar surface area (TPSA) is 85.7 Å². The van der Waals surface area contributed by atoms with Crippen LogP contribution < -0.4 is 4.74 Å². The van der Waals surface area contributed by atoms with Gasteiger partial charge >= 0.3 is 0 Å². The lowest BCUT2D eigenvalue weighted by atomic mass is 10.0. The van der Waals surface area contributed by atoms with Crippen molar-refractivity contribution in [3.05, 3.63) is 77.6 Å².